The lowest BCUT2D eigenvalue weighted by molar-refractivity contribution is 0.319. The Kier molecular flexibility index (Phi) is 3.63. The first-order valence-corrected chi connectivity index (χ1v) is 5.83. The van der Waals surface area contributed by atoms with Gasteiger partial charge in [-0.3, -0.25) is 0 Å². The Bertz CT molecular complexity index is 380. The summed E-state index contributed by atoms with van der Waals surface area (Å²) in [7, 11) is 3.61. The first-order valence-electron chi connectivity index (χ1n) is 5.83. The molecular formula is C11H19N5O. The maximum Gasteiger partial charge on any atom is 0.205 e. The van der Waals surface area contributed by atoms with Gasteiger partial charge >= 0.3 is 0 Å². The molecule has 0 bridgehead atoms. The first kappa shape index (κ1) is 11.9. The van der Waals surface area contributed by atoms with E-state index < -0.39 is 0 Å². The van der Waals surface area contributed by atoms with E-state index in [2.05, 4.69) is 20.3 Å². The Labute approximate surface area is 101 Å². The van der Waals surface area contributed by atoms with Crippen molar-refractivity contribution >= 4 is 11.6 Å². The van der Waals surface area contributed by atoms with Gasteiger partial charge in [-0.05, 0) is 18.8 Å². The molecule has 1 heterocycles. The van der Waals surface area contributed by atoms with Crippen LogP contribution in [0.25, 0.3) is 0 Å². The van der Waals surface area contributed by atoms with Crippen LogP contribution in [-0.2, 0) is 0 Å². The lowest BCUT2D eigenvalue weighted by atomic mass is 9.85. The Morgan fingerprint density at radius 2 is 2.29 bits per heavy atom. The number of methoxy groups -OCH3 is 1. The smallest absolute Gasteiger partial charge is 0.205 e. The Morgan fingerprint density at radius 1 is 1.53 bits per heavy atom. The van der Waals surface area contributed by atoms with Crippen LogP contribution in [-0.4, -0.2) is 30.7 Å². The van der Waals surface area contributed by atoms with Gasteiger partial charge in [0.05, 0.1) is 7.11 Å². The summed E-state index contributed by atoms with van der Waals surface area (Å²) in [6.07, 6.45) is 5.44. The van der Waals surface area contributed by atoms with E-state index in [-0.39, 0.29) is 0 Å². The number of nitrogens with two attached hydrogens (primary N) is 1. The third kappa shape index (κ3) is 2.41. The number of hydrogen-bond donors (Lipinski definition) is 2. The molecule has 1 fully saturated rings. The normalized spacial score (nSPS) is 15.2. The van der Waals surface area contributed by atoms with E-state index in [4.69, 9.17) is 10.6 Å². The Balaban J connectivity index is 2.17. The van der Waals surface area contributed by atoms with Crippen molar-refractivity contribution in [3.63, 3.8) is 0 Å². The molecule has 0 aliphatic heterocycles. The molecule has 1 saturated carbocycles. The molecule has 3 N–H and O–H groups in total. The number of nitrogens with one attached hydrogen (secondary N) is 1. The van der Waals surface area contributed by atoms with Crippen molar-refractivity contribution in [2.75, 3.05) is 31.0 Å². The van der Waals surface area contributed by atoms with Crippen molar-refractivity contribution in [2.24, 2.45) is 11.8 Å². The second-order valence-electron chi connectivity index (χ2n) is 4.40. The van der Waals surface area contributed by atoms with E-state index in [9.17, 15) is 0 Å². The van der Waals surface area contributed by atoms with Gasteiger partial charge < -0.3 is 15.1 Å². The van der Waals surface area contributed by atoms with Gasteiger partial charge in [-0.2, -0.15) is 0 Å². The number of ether oxygens (including phenoxy) is 1. The molecule has 0 aromatic carbocycles. The van der Waals surface area contributed by atoms with Crippen molar-refractivity contribution in [2.45, 2.75) is 19.3 Å². The topological polar surface area (TPSA) is 76.3 Å². The third-order valence-corrected chi connectivity index (χ3v) is 3.24. The minimum absolute atomic E-state index is 0.512. The monoisotopic (exact) mass is 237 g/mol. The molecule has 0 spiro atoms. The van der Waals surface area contributed by atoms with Crippen molar-refractivity contribution in [1.29, 1.82) is 0 Å². The molecular weight excluding hydrogens is 218 g/mol. The number of nitrogen functional groups attached to an aromatic ring is 1. The van der Waals surface area contributed by atoms with Crippen LogP contribution in [0.5, 0.6) is 5.75 Å². The summed E-state index contributed by atoms with van der Waals surface area (Å²) < 4.78 is 5.31. The molecule has 0 saturated heterocycles. The van der Waals surface area contributed by atoms with Crippen molar-refractivity contribution in [1.82, 2.24) is 9.97 Å². The van der Waals surface area contributed by atoms with E-state index >= 15 is 0 Å². The van der Waals surface area contributed by atoms with E-state index in [0.29, 0.717) is 11.6 Å². The largest absolute Gasteiger partial charge is 0.490 e. The molecule has 0 radical (unpaired) electrons. The van der Waals surface area contributed by atoms with E-state index in [1.54, 1.807) is 7.11 Å². The average molecular weight is 237 g/mol. The highest BCUT2D eigenvalue weighted by Gasteiger charge is 2.22. The third-order valence-electron chi connectivity index (χ3n) is 3.24. The van der Waals surface area contributed by atoms with Crippen molar-refractivity contribution < 1.29 is 4.74 Å². The molecule has 0 atom stereocenters. The van der Waals surface area contributed by atoms with Gasteiger partial charge in [-0.15, -0.1) is 0 Å². The predicted octanol–water partition coefficient (Wildman–Crippen LogP) is 1.01. The van der Waals surface area contributed by atoms with Gasteiger partial charge in [0.1, 0.15) is 6.33 Å². The van der Waals surface area contributed by atoms with E-state index in [0.717, 1.165) is 18.3 Å². The van der Waals surface area contributed by atoms with Gasteiger partial charge in [0.25, 0.3) is 0 Å². The maximum absolute atomic E-state index is 5.40. The van der Waals surface area contributed by atoms with Crippen molar-refractivity contribution in [3.05, 3.63) is 6.33 Å². The quantitative estimate of drug-likeness (QED) is 0.588. The van der Waals surface area contributed by atoms with Gasteiger partial charge in [-0.25, -0.2) is 15.8 Å². The van der Waals surface area contributed by atoms with Crippen molar-refractivity contribution in [3.8, 4) is 5.75 Å². The van der Waals surface area contributed by atoms with Crippen LogP contribution >= 0.6 is 0 Å². The molecule has 1 aromatic heterocycles. The molecule has 1 aromatic rings. The summed E-state index contributed by atoms with van der Waals surface area (Å²) in [4.78, 5) is 10.4. The van der Waals surface area contributed by atoms with Gasteiger partial charge in [0.2, 0.25) is 5.75 Å². The number of nitrogens with zero attached hydrogens (tertiary/aromatic N) is 3. The van der Waals surface area contributed by atoms with Gasteiger partial charge in [0, 0.05) is 13.6 Å². The number of aromatic nitrogens is 2. The van der Waals surface area contributed by atoms with E-state index in [1.165, 1.54) is 25.6 Å². The summed E-state index contributed by atoms with van der Waals surface area (Å²) in [5.74, 6) is 8.05. The van der Waals surface area contributed by atoms with Crippen LogP contribution in [0.1, 0.15) is 19.3 Å². The SMILES string of the molecule is COc1c(NN)ncnc1N(C)CC1CCC1. The molecule has 0 unspecified atom stereocenters. The van der Waals surface area contributed by atoms with Crippen LogP contribution < -0.4 is 20.9 Å². The average Bonchev–Trinajstić information content (AvgIpc) is 2.32. The zero-order valence-electron chi connectivity index (χ0n) is 10.3. The Morgan fingerprint density at radius 3 is 2.82 bits per heavy atom. The van der Waals surface area contributed by atoms with Crippen LogP contribution in [0.15, 0.2) is 6.33 Å². The highest BCUT2D eigenvalue weighted by atomic mass is 16.5. The Hall–Kier alpha value is -1.56. The number of hydrogen-bond acceptors (Lipinski definition) is 6. The lowest BCUT2D eigenvalue weighted by Crippen LogP contribution is -2.30. The molecule has 2 rings (SSSR count). The van der Waals surface area contributed by atoms with Crippen LogP contribution in [0.3, 0.4) is 0 Å². The summed E-state index contributed by atoms with van der Waals surface area (Å²) >= 11 is 0. The minimum Gasteiger partial charge on any atom is -0.490 e. The molecule has 6 nitrogen and oxygen atoms in total. The number of rotatable bonds is 5. The molecule has 6 heteroatoms. The van der Waals surface area contributed by atoms with Crippen LogP contribution in [0.4, 0.5) is 11.6 Å². The number of hydrazine groups is 1. The molecule has 0 amide bonds. The molecule has 94 valence electrons. The highest BCUT2D eigenvalue weighted by molar-refractivity contribution is 5.64. The van der Waals surface area contributed by atoms with Crippen LogP contribution in [0, 0.1) is 5.92 Å². The summed E-state index contributed by atoms with van der Waals surface area (Å²) in [5.41, 5.74) is 2.52. The molecule has 1 aliphatic rings. The second kappa shape index (κ2) is 5.18. The standard InChI is InChI=1S/C11H19N5O/c1-16(6-8-4-3-5-8)11-9(17-2)10(15-12)13-7-14-11/h7-8H,3-6,12H2,1-2H3,(H,13,14,15). The maximum atomic E-state index is 5.40. The first-order chi connectivity index (χ1) is 8.26. The second-order valence-corrected chi connectivity index (χ2v) is 4.40. The lowest BCUT2D eigenvalue weighted by Gasteiger charge is -2.31. The minimum atomic E-state index is 0.512. The summed E-state index contributed by atoms with van der Waals surface area (Å²) in [6, 6.07) is 0. The summed E-state index contributed by atoms with van der Waals surface area (Å²) in [5, 5.41) is 0. The van der Waals surface area contributed by atoms with Gasteiger partial charge in [0.15, 0.2) is 11.6 Å². The molecule has 1 aliphatic carbocycles. The fourth-order valence-corrected chi connectivity index (χ4v) is 2.08. The zero-order chi connectivity index (χ0) is 12.3. The fourth-order valence-electron chi connectivity index (χ4n) is 2.08. The van der Waals surface area contributed by atoms with E-state index in [1.807, 2.05) is 7.05 Å². The summed E-state index contributed by atoms with van der Waals surface area (Å²) in [6.45, 7) is 0.997. The number of anilines is 2. The predicted molar refractivity (Wildman–Crippen MR) is 67.0 cm³/mol. The molecule has 17 heavy (non-hydrogen) atoms. The van der Waals surface area contributed by atoms with Gasteiger partial charge in [-0.1, -0.05) is 6.42 Å². The fraction of sp³-hybridized carbons (Fsp3) is 0.636. The van der Waals surface area contributed by atoms with Crippen LogP contribution in [0.2, 0.25) is 0 Å². The zero-order valence-corrected chi connectivity index (χ0v) is 10.3. The highest BCUT2D eigenvalue weighted by Crippen LogP contribution is 2.33.